The van der Waals surface area contributed by atoms with Gasteiger partial charge in [-0.15, -0.1) is 6.58 Å². The number of rotatable bonds is 10. The SMILES string of the molecule is C=CCc1cc(CNc2ccc(C)c(C)c2)cc(OCC)c1OS(=O)(=O)c1ccc(C)cc1. The van der Waals surface area contributed by atoms with Crippen molar-refractivity contribution in [2.45, 2.75) is 45.6 Å². The molecule has 3 aromatic carbocycles. The number of nitrogens with one attached hydrogen (secondary N) is 1. The average molecular weight is 466 g/mol. The van der Waals surface area contributed by atoms with E-state index in [1.165, 1.54) is 11.1 Å². The molecular formula is C27H31NO4S. The van der Waals surface area contributed by atoms with Crippen LogP contribution in [0.1, 0.15) is 34.7 Å². The lowest BCUT2D eigenvalue weighted by Gasteiger charge is -2.18. The molecule has 3 rings (SSSR count). The van der Waals surface area contributed by atoms with Crippen LogP contribution in [-0.2, 0) is 23.1 Å². The molecule has 1 N–H and O–H groups in total. The molecule has 0 bridgehead atoms. The first kappa shape index (κ1) is 24.4. The van der Waals surface area contributed by atoms with Gasteiger partial charge in [-0.3, -0.25) is 0 Å². The summed E-state index contributed by atoms with van der Waals surface area (Å²) in [6, 6.07) is 16.6. The molecule has 0 fully saturated rings. The predicted octanol–water partition coefficient (Wildman–Crippen LogP) is 6.12. The second kappa shape index (κ2) is 10.6. The van der Waals surface area contributed by atoms with Gasteiger partial charge in [0.1, 0.15) is 4.90 Å². The second-order valence-corrected chi connectivity index (χ2v) is 9.56. The Morgan fingerprint density at radius 1 is 0.970 bits per heavy atom. The van der Waals surface area contributed by atoms with Crippen molar-refractivity contribution in [3.8, 4) is 11.5 Å². The standard InChI is InChI=1S/C27H31NO4S/c1-6-8-23-16-22(18-28-24-12-11-20(4)21(5)15-24)17-26(31-7-2)27(23)32-33(29,30)25-13-9-19(3)10-14-25/h6,9-17,28H,1,7-8,18H2,2-5H3. The van der Waals surface area contributed by atoms with Gasteiger partial charge in [-0.1, -0.05) is 29.8 Å². The number of benzene rings is 3. The van der Waals surface area contributed by atoms with Crippen LogP contribution in [-0.4, -0.2) is 15.0 Å². The highest BCUT2D eigenvalue weighted by Crippen LogP contribution is 2.36. The molecule has 0 radical (unpaired) electrons. The molecule has 0 unspecified atom stereocenters. The molecule has 0 saturated heterocycles. The number of aryl methyl sites for hydroxylation is 3. The van der Waals surface area contributed by atoms with Crippen LogP contribution in [0.5, 0.6) is 11.5 Å². The van der Waals surface area contributed by atoms with E-state index in [1.54, 1.807) is 30.3 Å². The van der Waals surface area contributed by atoms with Crippen molar-refractivity contribution in [2.24, 2.45) is 0 Å². The van der Waals surface area contributed by atoms with Gasteiger partial charge in [0.15, 0.2) is 11.5 Å². The van der Waals surface area contributed by atoms with Crippen molar-refractivity contribution in [1.82, 2.24) is 0 Å². The summed E-state index contributed by atoms with van der Waals surface area (Å²) in [6.45, 7) is 12.7. The van der Waals surface area contributed by atoms with Gasteiger partial charge in [-0.05, 0) is 87.2 Å². The van der Waals surface area contributed by atoms with Gasteiger partial charge in [-0.25, -0.2) is 0 Å². The molecule has 33 heavy (non-hydrogen) atoms. The normalized spacial score (nSPS) is 11.2. The largest absolute Gasteiger partial charge is 0.490 e. The summed E-state index contributed by atoms with van der Waals surface area (Å²) in [5.41, 5.74) is 6.09. The second-order valence-electron chi connectivity index (χ2n) is 8.01. The van der Waals surface area contributed by atoms with Crippen LogP contribution < -0.4 is 14.2 Å². The third kappa shape index (κ3) is 6.17. The van der Waals surface area contributed by atoms with E-state index in [4.69, 9.17) is 8.92 Å². The Hall–Kier alpha value is -3.25. The van der Waals surface area contributed by atoms with Crippen LogP contribution in [0.25, 0.3) is 0 Å². The molecule has 0 aliphatic rings. The lowest BCUT2D eigenvalue weighted by molar-refractivity contribution is 0.326. The zero-order valence-corrected chi connectivity index (χ0v) is 20.5. The molecular weight excluding hydrogens is 434 g/mol. The Bertz CT molecular complexity index is 1230. The van der Waals surface area contributed by atoms with E-state index in [0.717, 1.165) is 16.8 Å². The maximum atomic E-state index is 13.0. The van der Waals surface area contributed by atoms with E-state index in [1.807, 2.05) is 32.0 Å². The summed E-state index contributed by atoms with van der Waals surface area (Å²) in [4.78, 5) is 0.0978. The summed E-state index contributed by atoms with van der Waals surface area (Å²) in [6.07, 6.45) is 2.16. The molecule has 0 aromatic heterocycles. The van der Waals surface area contributed by atoms with Crippen molar-refractivity contribution in [3.05, 3.63) is 95.1 Å². The van der Waals surface area contributed by atoms with E-state index in [0.29, 0.717) is 30.9 Å². The maximum absolute atomic E-state index is 13.0. The molecule has 0 atom stereocenters. The minimum Gasteiger partial charge on any atom is -0.490 e. The highest BCUT2D eigenvalue weighted by atomic mass is 32.2. The maximum Gasteiger partial charge on any atom is 0.339 e. The Morgan fingerprint density at radius 3 is 2.33 bits per heavy atom. The zero-order chi connectivity index (χ0) is 24.0. The summed E-state index contributed by atoms with van der Waals surface area (Å²) < 4.78 is 37.4. The summed E-state index contributed by atoms with van der Waals surface area (Å²) in [5.74, 6) is 0.594. The molecule has 0 aliphatic heterocycles. The summed E-state index contributed by atoms with van der Waals surface area (Å²) >= 11 is 0. The summed E-state index contributed by atoms with van der Waals surface area (Å²) in [5, 5.41) is 3.43. The Balaban J connectivity index is 1.94. The van der Waals surface area contributed by atoms with Gasteiger partial charge < -0.3 is 14.2 Å². The van der Waals surface area contributed by atoms with E-state index < -0.39 is 10.1 Å². The number of allylic oxidation sites excluding steroid dienone is 1. The van der Waals surface area contributed by atoms with Gasteiger partial charge in [-0.2, -0.15) is 8.42 Å². The molecule has 174 valence electrons. The van der Waals surface area contributed by atoms with Crippen LogP contribution in [0.3, 0.4) is 0 Å². The number of ether oxygens (including phenoxy) is 1. The topological polar surface area (TPSA) is 64.6 Å². The third-order valence-electron chi connectivity index (χ3n) is 5.36. The summed E-state index contributed by atoms with van der Waals surface area (Å²) in [7, 11) is -4.02. The molecule has 0 amide bonds. The Kier molecular flexibility index (Phi) is 7.82. The van der Waals surface area contributed by atoms with Gasteiger partial charge in [0, 0.05) is 17.8 Å². The zero-order valence-electron chi connectivity index (χ0n) is 19.6. The highest BCUT2D eigenvalue weighted by molar-refractivity contribution is 7.87. The van der Waals surface area contributed by atoms with E-state index >= 15 is 0 Å². The van der Waals surface area contributed by atoms with Gasteiger partial charge >= 0.3 is 10.1 Å². The number of hydrogen-bond donors (Lipinski definition) is 1. The monoisotopic (exact) mass is 465 g/mol. The molecule has 0 spiro atoms. The quantitative estimate of drug-likeness (QED) is 0.289. The van der Waals surface area contributed by atoms with Crippen molar-refractivity contribution in [1.29, 1.82) is 0 Å². The van der Waals surface area contributed by atoms with Crippen LogP contribution in [0.4, 0.5) is 5.69 Å². The van der Waals surface area contributed by atoms with Gasteiger partial charge in [0.25, 0.3) is 0 Å². The van der Waals surface area contributed by atoms with Crippen molar-refractivity contribution in [2.75, 3.05) is 11.9 Å². The average Bonchev–Trinajstić information content (AvgIpc) is 2.77. The van der Waals surface area contributed by atoms with Crippen LogP contribution >= 0.6 is 0 Å². The smallest absolute Gasteiger partial charge is 0.339 e. The van der Waals surface area contributed by atoms with Crippen molar-refractivity contribution in [3.63, 3.8) is 0 Å². The fourth-order valence-electron chi connectivity index (χ4n) is 3.41. The first-order chi connectivity index (χ1) is 15.7. The Morgan fingerprint density at radius 2 is 1.70 bits per heavy atom. The van der Waals surface area contributed by atoms with Crippen LogP contribution in [0, 0.1) is 20.8 Å². The Labute approximate surface area is 197 Å². The van der Waals surface area contributed by atoms with E-state index in [2.05, 4.69) is 37.9 Å². The van der Waals surface area contributed by atoms with Gasteiger partial charge in [0.2, 0.25) is 0 Å². The molecule has 6 heteroatoms. The predicted molar refractivity (Wildman–Crippen MR) is 134 cm³/mol. The highest BCUT2D eigenvalue weighted by Gasteiger charge is 2.22. The fourth-order valence-corrected chi connectivity index (χ4v) is 4.38. The molecule has 0 saturated carbocycles. The fraction of sp³-hybridized carbons (Fsp3) is 0.259. The van der Waals surface area contributed by atoms with Crippen molar-refractivity contribution >= 4 is 15.8 Å². The first-order valence-electron chi connectivity index (χ1n) is 10.9. The van der Waals surface area contributed by atoms with Crippen LogP contribution in [0.15, 0.2) is 72.1 Å². The molecule has 0 aliphatic carbocycles. The molecule has 3 aromatic rings. The number of hydrogen-bond acceptors (Lipinski definition) is 5. The molecule has 5 nitrogen and oxygen atoms in total. The number of anilines is 1. The van der Waals surface area contributed by atoms with E-state index in [9.17, 15) is 8.42 Å². The lowest BCUT2D eigenvalue weighted by atomic mass is 10.1. The lowest BCUT2D eigenvalue weighted by Crippen LogP contribution is -2.13. The first-order valence-corrected chi connectivity index (χ1v) is 12.4. The van der Waals surface area contributed by atoms with E-state index in [-0.39, 0.29) is 10.6 Å². The molecule has 0 heterocycles. The van der Waals surface area contributed by atoms with Crippen molar-refractivity contribution < 1.29 is 17.3 Å². The minimum absolute atomic E-state index is 0.0978. The third-order valence-corrected chi connectivity index (χ3v) is 6.60. The van der Waals surface area contributed by atoms with Gasteiger partial charge in [0.05, 0.1) is 6.61 Å². The minimum atomic E-state index is -4.02. The van der Waals surface area contributed by atoms with Crippen LogP contribution in [0.2, 0.25) is 0 Å².